The summed E-state index contributed by atoms with van der Waals surface area (Å²) in [5.74, 6) is 1.32. The van der Waals surface area contributed by atoms with E-state index in [1.807, 2.05) is 6.07 Å². The molecule has 0 saturated carbocycles. The van der Waals surface area contributed by atoms with Crippen molar-refractivity contribution in [1.29, 1.82) is 0 Å². The molecule has 170 valence electrons. The highest BCUT2D eigenvalue weighted by atomic mass is 16.5. The quantitative estimate of drug-likeness (QED) is 0.201. The van der Waals surface area contributed by atoms with Gasteiger partial charge in [-0.05, 0) is 60.2 Å². The lowest BCUT2D eigenvalue weighted by Gasteiger charge is -2.12. The summed E-state index contributed by atoms with van der Waals surface area (Å²) in [5.41, 5.74) is 1.42. The van der Waals surface area contributed by atoms with Gasteiger partial charge in [-0.1, -0.05) is 18.2 Å². The number of benzene rings is 3. The Balaban J connectivity index is 1.71. The van der Waals surface area contributed by atoms with Crippen LogP contribution in [0.3, 0.4) is 0 Å². The maximum Gasteiger partial charge on any atom is 0.351 e. The van der Waals surface area contributed by atoms with E-state index in [0.717, 1.165) is 5.56 Å². The lowest BCUT2D eigenvalue weighted by Crippen LogP contribution is -2.12. The summed E-state index contributed by atoms with van der Waals surface area (Å²) < 4.78 is 26.4. The Bertz CT molecular complexity index is 1140. The minimum absolute atomic E-state index is 0.181. The van der Waals surface area contributed by atoms with Crippen molar-refractivity contribution in [3.05, 3.63) is 83.4 Å². The highest BCUT2D eigenvalue weighted by molar-refractivity contribution is 6.07. The number of carbonyl (C=O) groups is 2. The smallest absolute Gasteiger partial charge is 0.351 e. The number of esters is 1. The number of carbonyl (C=O) groups excluding carboxylic acids is 2. The van der Waals surface area contributed by atoms with Gasteiger partial charge in [0.05, 0.1) is 28.4 Å². The van der Waals surface area contributed by atoms with Gasteiger partial charge in [-0.25, -0.2) is 4.79 Å². The van der Waals surface area contributed by atoms with E-state index in [9.17, 15) is 9.59 Å². The van der Waals surface area contributed by atoms with Crippen LogP contribution in [-0.4, -0.2) is 40.2 Å². The van der Waals surface area contributed by atoms with Crippen molar-refractivity contribution >= 4 is 17.8 Å². The lowest BCUT2D eigenvalue weighted by atomic mass is 10.1. The van der Waals surface area contributed by atoms with E-state index in [1.54, 1.807) is 74.9 Å². The van der Waals surface area contributed by atoms with E-state index in [0.29, 0.717) is 28.6 Å². The number of hydrogen-bond acceptors (Lipinski definition) is 7. The van der Waals surface area contributed by atoms with Crippen LogP contribution in [-0.2, 0) is 0 Å². The zero-order valence-corrected chi connectivity index (χ0v) is 18.8. The molecule has 33 heavy (non-hydrogen) atoms. The fourth-order valence-electron chi connectivity index (χ4n) is 3.12. The van der Waals surface area contributed by atoms with Gasteiger partial charge >= 0.3 is 5.97 Å². The van der Waals surface area contributed by atoms with Crippen LogP contribution in [0, 0.1) is 0 Å². The van der Waals surface area contributed by atoms with Gasteiger partial charge in [0.15, 0.2) is 17.3 Å². The average molecular weight is 448 g/mol. The number of hydrogen-bond donors (Lipinski definition) is 0. The van der Waals surface area contributed by atoms with Crippen LogP contribution < -0.4 is 23.7 Å². The highest BCUT2D eigenvalue weighted by Gasteiger charge is 2.20. The van der Waals surface area contributed by atoms with Gasteiger partial charge in [0.25, 0.3) is 0 Å². The van der Waals surface area contributed by atoms with Crippen LogP contribution in [0.4, 0.5) is 0 Å². The van der Waals surface area contributed by atoms with Crippen molar-refractivity contribution in [2.75, 3.05) is 28.4 Å². The number of ether oxygens (including phenoxy) is 5. The molecule has 0 fully saturated rings. The van der Waals surface area contributed by atoms with Crippen molar-refractivity contribution < 1.29 is 33.3 Å². The Hall–Kier alpha value is -4.26. The lowest BCUT2D eigenvalue weighted by molar-refractivity contribution is 0.0727. The number of rotatable bonds is 9. The van der Waals surface area contributed by atoms with Gasteiger partial charge in [-0.2, -0.15) is 0 Å². The molecule has 3 aromatic carbocycles. The summed E-state index contributed by atoms with van der Waals surface area (Å²) >= 11 is 0. The molecule has 0 saturated heterocycles. The average Bonchev–Trinajstić information content (AvgIpc) is 2.86. The Morgan fingerprint density at radius 2 is 1.30 bits per heavy atom. The normalized spacial score (nSPS) is 10.5. The summed E-state index contributed by atoms with van der Waals surface area (Å²) in [4.78, 5) is 25.2. The van der Waals surface area contributed by atoms with Crippen LogP contribution in [0.1, 0.15) is 26.3 Å². The molecule has 7 nitrogen and oxygen atoms in total. The molecule has 7 heteroatoms. The standard InChI is InChI=1S/C26H24O7/c1-29-21-15-9-17(16-24(21)32-4)8-14-20(27)18-10-12-19(13-11-18)33-26(28)25-22(30-2)6-5-7-23(25)31-3/h5-16H,1-4H3/b14-8+. The monoisotopic (exact) mass is 448 g/mol. The van der Waals surface area contributed by atoms with Crippen LogP contribution in [0.2, 0.25) is 0 Å². The van der Waals surface area contributed by atoms with E-state index in [-0.39, 0.29) is 17.1 Å². The summed E-state index contributed by atoms with van der Waals surface area (Å²) in [6.45, 7) is 0. The van der Waals surface area contributed by atoms with Gasteiger partial charge in [-0.3, -0.25) is 4.79 Å². The topological polar surface area (TPSA) is 80.3 Å². The van der Waals surface area contributed by atoms with Crippen molar-refractivity contribution in [3.63, 3.8) is 0 Å². The predicted octanol–water partition coefficient (Wildman–Crippen LogP) is 4.84. The fourth-order valence-corrected chi connectivity index (χ4v) is 3.12. The van der Waals surface area contributed by atoms with Crippen molar-refractivity contribution in [2.24, 2.45) is 0 Å². The van der Waals surface area contributed by atoms with Gasteiger partial charge in [0.1, 0.15) is 22.8 Å². The first-order valence-electron chi connectivity index (χ1n) is 9.98. The summed E-state index contributed by atoms with van der Waals surface area (Å²) in [7, 11) is 6.03. The van der Waals surface area contributed by atoms with E-state index < -0.39 is 5.97 Å². The Morgan fingerprint density at radius 1 is 0.697 bits per heavy atom. The van der Waals surface area contributed by atoms with Gasteiger partial charge in [0.2, 0.25) is 0 Å². The largest absolute Gasteiger partial charge is 0.496 e. The Morgan fingerprint density at radius 3 is 1.88 bits per heavy atom. The third-order valence-electron chi connectivity index (χ3n) is 4.82. The number of methoxy groups -OCH3 is 4. The van der Waals surface area contributed by atoms with Crippen LogP contribution in [0.15, 0.2) is 66.7 Å². The number of allylic oxidation sites excluding steroid dienone is 1. The molecule has 0 unspecified atom stereocenters. The molecule has 3 aromatic rings. The number of ketones is 1. The molecule has 0 spiro atoms. The zero-order chi connectivity index (χ0) is 23.8. The van der Waals surface area contributed by atoms with Crippen molar-refractivity contribution in [1.82, 2.24) is 0 Å². The van der Waals surface area contributed by atoms with E-state index >= 15 is 0 Å². The van der Waals surface area contributed by atoms with Crippen molar-refractivity contribution in [2.45, 2.75) is 0 Å². The molecule has 0 aromatic heterocycles. The van der Waals surface area contributed by atoms with Gasteiger partial charge < -0.3 is 23.7 Å². The van der Waals surface area contributed by atoms with E-state index in [1.165, 1.54) is 20.3 Å². The SMILES string of the molecule is COc1ccc(/C=C/C(=O)c2ccc(OC(=O)c3c(OC)cccc3OC)cc2)cc1OC. The summed E-state index contributed by atoms with van der Waals surface area (Å²) in [6, 6.07) is 16.6. The molecular formula is C26H24O7. The van der Waals surface area contributed by atoms with E-state index in [4.69, 9.17) is 23.7 Å². The zero-order valence-electron chi connectivity index (χ0n) is 18.8. The third kappa shape index (κ3) is 5.51. The Kier molecular flexibility index (Phi) is 7.70. The van der Waals surface area contributed by atoms with Gasteiger partial charge in [0, 0.05) is 5.56 Å². The molecule has 0 aliphatic rings. The summed E-state index contributed by atoms with van der Waals surface area (Å²) in [5, 5.41) is 0. The predicted molar refractivity (Wildman–Crippen MR) is 124 cm³/mol. The Labute approximate surface area is 192 Å². The molecular weight excluding hydrogens is 424 g/mol. The highest BCUT2D eigenvalue weighted by Crippen LogP contribution is 2.30. The van der Waals surface area contributed by atoms with Crippen LogP contribution in [0.25, 0.3) is 6.08 Å². The summed E-state index contributed by atoms with van der Waals surface area (Å²) in [6.07, 6.45) is 3.15. The minimum atomic E-state index is -0.628. The second-order valence-corrected chi connectivity index (χ2v) is 6.76. The minimum Gasteiger partial charge on any atom is -0.496 e. The molecule has 0 atom stereocenters. The maximum absolute atomic E-state index is 12.7. The first-order chi connectivity index (χ1) is 16.0. The fraction of sp³-hybridized carbons (Fsp3) is 0.154. The molecule has 0 aliphatic carbocycles. The van der Waals surface area contributed by atoms with Crippen LogP contribution >= 0.6 is 0 Å². The molecule has 0 radical (unpaired) electrons. The van der Waals surface area contributed by atoms with Crippen LogP contribution in [0.5, 0.6) is 28.7 Å². The molecule has 3 rings (SSSR count). The molecule has 0 aliphatic heterocycles. The van der Waals surface area contributed by atoms with Crippen molar-refractivity contribution in [3.8, 4) is 28.7 Å². The molecule has 0 N–H and O–H groups in total. The first kappa shape index (κ1) is 23.4. The van der Waals surface area contributed by atoms with E-state index in [2.05, 4.69) is 0 Å². The first-order valence-corrected chi connectivity index (χ1v) is 9.98. The third-order valence-corrected chi connectivity index (χ3v) is 4.82. The second kappa shape index (κ2) is 10.9. The second-order valence-electron chi connectivity index (χ2n) is 6.76. The molecule has 0 heterocycles. The maximum atomic E-state index is 12.7. The van der Waals surface area contributed by atoms with Gasteiger partial charge in [-0.15, -0.1) is 0 Å². The molecule has 0 amide bonds. The molecule has 0 bridgehead atoms.